The first kappa shape index (κ1) is 19.7. The monoisotopic (exact) mass is 419 g/mol. The third kappa shape index (κ3) is 3.56. The number of benzene rings is 1. The van der Waals surface area contributed by atoms with Gasteiger partial charge in [0.2, 0.25) is 0 Å². The van der Waals surface area contributed by atoms with Crippen molar-refractivity contribution in [2.75, 3.05) is 5.73 Å². The normalized spacial score (nSPS) is 25.4. The lowest BCUT2D eigenvalue weighted by Crippen LogP contribution is -2.40. The van der Waals surface area contributed by atoms with Gasteiger partial charge < -0.3 is 10.8 Å². The fraction of sp³-hybridized carbons (Fsp3) is 0.435. The Morgan fingerprint density at radius 2 is 1.84 bits per heavy atom. The largest absolute Gasteiger partial charge is 0.481 e. The van der Waals surface area contributed by atoms with Crippen LogP contribution < -0.4 is 11.3 Å². The third-order valence-electron chi connectivity index (χ3n) is 7.18. The average Bonchev–Trinajstić information content (AvgIpc) is 2.73. The Morgan fingerprint density at radius 1 is 1.13 bits per heavy atom. The number of carboxylic acids is 1. The topological polar surface area (TPSA) is 124 Å². The molecule has 3 aromatic rings. The molecule has 5 rings (SSSR count). The second-order valence-electron chi connectivity index (χ2n) is 9.12. The van der Waals surface area contributed by atoms with Crippen molar-refractivity contribution in [2.45, 2.75) is 50.9 Å². The fourth-order valence-corrected chi connectivity index (χ4v) is 5.60. The van der Waals surface area contributed by atoms with Crippen molar-refractivity contribution >= 4 is 22.8 Å². The Bertz CT molecular complexity index is 1190. The molecule has 2 aromatic heterocycles. The molecule has 8 heteroatoms. The highest BCUT2D eigenvalue weighted by Gasteiger charge is 2.46. The summed E-state index contributed by atoms with van der Waals surface area (Å²) in [6.45, 7) is 0. The zero-order valence-electron chi connectivity index (χ0n) is 17.2. The highest BCUT2D eigenvalue weighted by molar-refractivity contribution is 5.83. The summed E-state index contributed by atoms with van der Waals surface area (Å²) in [5.74, 6) is 0.325. The lowest BCUT2D eigenvalue weighted by atomic mass is 9.53. The van der Waals surface area contributed by atoms with E-state index in [0.29, 0.717) is 29.3 Å². The summed E-state index contributed by atoms with van der Waals surface area (Å²) in [7, 11) is 0. The molecule has 2 fully saturated rings. The van der Waals surface area contributed by atoms with Crippen LogP contribution in [0.4, 0.5) is 5.82 Å². The minimum atomic E-state index is -0.676. The predicted molar refractivity (Wildman–Crippen MR) is 116 cm³/mol. The molecule has 1 spiro atoms. The maximum atomic E-state index is 12.9. The lowest BCUT2D eigenvalue weighted by molar-refractivity contribution is -0.140. The first-order chi connectivity index (χ1) is 14.9. The summed E-state index contributed by atoms with van der Waals surface area (Å²) in [6.07, 6.45) is 9.81. The number of carboxylic acid groups (broad SMARTS) is 1. The van der Waals surface area contributed by atoms with Crippen molar-refractivity contribution in [1.82, 2.24) is 19.5 Å². The molecule has 2 saturated carbocycles. The standard InChI is InChI=1S/C23H25N5O3/c24-20-19-21(26-12-25-20)27-13-28(22(19)31)17-3-1-15(2-4-17)16-5-7-23(8-6-16)10-14(11-23)9-18(29)30/h1-4,12-14,16H,5-11H2,(H,29,30)(H2,24,25,26). The molecule has 160 valence electrons. The minimum absolute atomic E-state index is 0.131. The maximum absolute atomic E-state index is 12.9. The van der Waals surface area contributed by atoms with Gasteiger partial charge >= 0.3 is 5.97 Å². The number of hydrogen-bond acceptors (Lipinski definition) is 6. The molecular formula is C23H25N5O3. The van der Waals surface area contributed by atoms with Crippen LogP contribution in [0.15, 0.2) is 41.7 Å². The van der Waals surface area contributed by atoms with Gasteiger partial charge in [0.25, 0.3) is 5.56 Å². The van der Waals surface area contributed by atoms with E-state index < -0.39 is 5.97 Å². The van der Waals surface area contributed by atoms with Crippen LogP contribution >= 0.6 is 0 Å². The number of rotatable bonds is 4. The summed E-state index contributed by atoms with van der Waals surface area (Å²) < 4.78 is 1.47. The number of nitrogen functional groups attached to an aromatic ring is 1. The van der Waals surface area contributed by atoms with E-state index in [-0.39, 0.29) is 16.8 Å². The number of nitrogens with two attached hydrogens (primary N) is 1. The molecule has 1 aromatic carbocycles. The summed E-state index contributed by atoms with van der Waals surface area (Å²) in [5.41, 5.74) is 8.27. The van der Waals surface area contributed by atoms with E-state index in [4.69, 9.17) is 10.8 Å². The molecule has 31 heavy (non-hydrogen) atoms. The van der Waals surface area contributed by atoms with E-state index in [0.717, 1.165) is 31.4 Å². The zero-order chi connectivity index (χ0) is 21.6. The molecule has 0 radical (unpaired) electrons. The van der Waals surface area contributed by atoms with Gasteiger partial charge in [-0.25, -0.2) is 15.0 Å². The van der Waals surface area contributed by atoms with E-state index in [9.17, 15) is 9.59 Å². The molecular weight excluding hydrogens is 394 g/mol. The number of hydrogen-bond donors (Lipinski definition) is 2. The quantitative estimate of drug-likeness (QED) is 0.665. The van der Waals surface area contributed by atoms with Crippen LogP contribution in [0.25, 0.3) is 16.7 Å². The van der Waals surface area contributed by atoms with Crippen LogP contribution in [-0.2, 0) is 4.79 Å². The number of aromatic nitrogens is 4. The fourth-order valence-electron chi connectivity index (χ4n) is 5.60. The van der Waals surface area contributed by atoms with Crippen LogP contribution in [-0.4, -0.2) is 30.6 Å². The van der Waals surface area contributed by atoms with Crippen LogP contribution in [0.5, 0.6) is 0 Å². The SMILES string of the molecule is Nc1ncnc2ncn(-c3ccc(C4CCC5(CC4)CC(CC(=O)O)C5)cc3)c(=O)c12. The van der Waals surface area contributed by atoms with E-state index in [1.165, 1.54) is 35.6 Å². The van der Waals surface area contributed by atoms with Crippen LogP contribution in [0.1, 0.15) is 56.4 Å². The van der Waals surface area contributed by atoms with Gasteiger partial charge in [-0.2, -0.15) is 0 Å². The van der Waals surface area contributed by atoms with E-state index in [1.807, 2.05) is 12.1 Å². The van der Waals surface area contributed by atoms with Crippen molar-refractivity contribution in [2.24, 2.45) is 11.3 Å². The predicted octanol–water partition coefficient (Wildman–Crippen LogP) is 3.29. The molecule has 0 saturated heterocycles. The second kappa shape index (κ2) is 7.44. The highest BCUT2D eigenvalue weighted by Crippen LogP contribution is 2.57. The van der Waals surface area contributed by atoms with Gasteiger partial charge in [0.1, 0.15) is 23.9 Å². The number of aliphatic carboxylic acids is 1. The molecule has 2 aliphatic carbocycles. The van der Waals surface area contributed by atoms with Crippen molar-refractivity contribution in [3.05, 3.63) is 52.8 Å². The summed E-state index contributed by atoms with van der Waals surface area (Å²) >= 11 is 0. The molecule has 8 nitrogen and oxygen atoms in total. The Morgan fingerprint density at radius 3 is 2.52 bits per heavy atom. The molecule has 0 amide bonds. The highest BCUT2D eigenvalue weighted by atomic mass is 16.4. The van der Waals surface area contributed by atoms with Gasteiger partial charge in [0, 0.05) is 6.42 Å². The van der Waals surface area contributed by atoms with Crippen LogP contribution in [0.3, 0.4) is 0 Å². The van der Waals surface area contributed by atoms with E-state index in [1.54, 1.807) is 0 Å². The summed E-state index contributed by atoms with van der Waals surface area (Å²) in [5, 5.41) is 9.21. The summed E-state index contributed by atoms with van der Waals surface area (Å²) in [4.78, 5) is 35.9. The molecule has 2 aliphatic rings. The van der Waals surface area contributed by atoms with Crippen LogP contribution in [0.2, 0.25) is 0 Å². The number of carbonyl (C=O) groups is 1. The number of nitrogens with zero attached hydrogens (tertiary/aromatic N) is 4. The Labute approximate surface area is 179 Å². The molecule has 2 heterocycles. The van der Waals surface area contributed by atoms with E-state index in [2.05, 4.69) is 27.1 Å². The van der Waals surface area contributed by atoms with Crippen molar-refractivity contribution in [3.8, 4) is 5.69 Å². The van der Waals surface area contributed by atoms with Gasteiger partial charge in [0.05, 0.1) is 5.69 Å². The number of fused-ring (bicyclic) bond motifs is 1. The van der Waals surface area contributed by atoms with Gasteiger partial charge in [-0.15, -0.1) is 0 Å². The Balaban J connectivity index is 1.29. The Hall–Kier alpha value is -3.29. The molecule has 0 atom stereocenters. The van der Waals surface area contributed by atoms with Crippen LogP contribution in [0, 0.1) is 11.3 Å². The average molecular weight is 419 g/mol. The van der Waals surface area contributed by atoms with Crippen molar-refractivity contribution < 1.29 is 9.90 Å². The van der Waals surface area contributed by atoms with Crippen molar-refractivity contribution in [3.63, 3.8) is 0 Å². The minimum Gasteiger partial charge on any atom is -0.481 e. The Kier molecular flexibility index (Phi) is 4.72. The van der Waals surface area contributed by atoms with Gasteiger partial charge in [-0.05, 0) is 73.5 Å². The smallest absolute Gasteiger partial charge is 0.303 e. The molecule has 0 aliphatic heterocycles. The number of anilines is 1. The van der Waals surface area contributed by atoms with Gasteiger partial charge in [-0.3, -0.25) is 14.2 Å². The first-order valence-electron chi connectivity index (χ1n) is 10.7. The van der Waals surface area contributed by atoms with E-state index >= 15 is 0 Å². The zero-order valence-corrected chi connectivity index (χ0v) is 17.2. The maximum Gasteiger partial charge on any atom is 0.303 e. The van der Waals surface area contributed by atoms with Gasteiger partial charge in [-0.1, -0.05) is 12.1 Å². The molecule has 0 unspecified atom stereocenters. The molecule has 0 bridgehead atoms. The third-order valence-corrected chi connectivity index (χ3v) is 7.18. The lowest BCUT2D eigenvalue weighted by Gasteiger charge is -2.51. The van der Waals surface area contributed by atoms with Crippen molar-refractivity contribution in [1.29, 1.82) is 0 Å². The van der Waals surface area contributed by atoms with Gasteiger partial charge in [0.15, 0.2) is 5.65 Å². The molecule has 3 N–H and O–H groups in total. The second-order valence-corrected chi connectivity index (χ2v) is 9.12. The first-order valence-corrected chi connectivity index (χ1v) is 10.7. The summed E-state index contributed by atoms with van der Waals surface area (Å²) in [6, 6.07) is 8.07.